The van der Waals surface area contributed by atoms with Crippen LogP contribution in [-0.4, -0.2) is 23.4 Å². The van der Waals surface area contributed by atoms with Crippen LogP contribution in [0.25, 0.3) is 0 Å². The summed E-state index contributed by atoms with van der Waals surface area (Å²) in [6.45, 7) is 5.68. The number of carbonyl (C=O) groups excluding carboxylic acids is 1. The number of hydrogen-bond acceptors (Lipinski definition) is 1. The van der Waals surface area contributed by atoms with Gasteiger partial charge >= 0.3 is 0 Å². The van der Waals surface area contributed by atoms with Crippen LogP contribution in [0.1, 0.15) is 65.2 Å². The van der Waals surface area contributed by atoms with Crippen molar-refractivity contribution in [2.75, 3.05) is 6.54 Å². The number of fused-ring (bicyclic) bond motifs is 1. The van der Waals surface area contributed by atoms with Gasteiger partial charge in [-0.15, -0.1) is 0 Å². The fourth-order valence-corrected chi connectivity index (χ4v) is 6.20. The zero-order chi connectivity index (χ0) is 13.9. The first-order valence-corrected chi connectivity index (χ1v) is 8.90. The number of amides is 1. The summed E-state index contributed by atoms with van der Waals surface area (Å²) < 4.78 is 0. The molecule has 1 saturated heterocycles. The quantitative estimate of drug-likeness (QED) is 0.712. The summed E-state index contributed by atoms with van der Waals surface area (Å²) in [5.41, 5.74) is 0.0472. The van der Waals surface area contributed by atoms with Crippen LogP contribution in [0.3, 0.4) is 0 Å². The Morgan fingerprint density at radius 2 is 1.90 bits per heavy atom. The van der Waals surface area contributed by atoms with Crippen molar-refractivity contribution in [2.45, 2.75) is 71.3 Å². The topological polar surface area (TPSA) is 20.3 Å². The van der Waals surface area contributed by atoms with E-state index in [9.17, 15) is 4.79 Å². The summed E-state index contributed by atoms with van der Waals surface area (Å²) in [6, 6.07) is 0.484. The van der Waals surface area contributed by atoms with Crippen molar-refractivity contribution in [1.29, 1.82) is 0 Å². The Bertz CT molecular complexity index is 416. The smallest absolute Gasteiger partial charge is 0.229 e. The van der Waals surface area contributed by atoms with E-state index in [-0.39, 0.29) is 5.41 Å². The van der Waals surface area contributed by atoms with Crippen LogP contribution in [-0.2, 0) is 4.79 Å². The lowest BCUT2D eigenvalue weighted by Gasteiger charge is -2.43. The highest BCUT2D eigenvalue weighted by Crippen LogP contribution is 2.65. The van der Waals surface area contributed by atoms with Gasteiger partial charge in [0.25, 0.3) is 0 Å². The van der Waals surface area contributed by atoms with Crippen molar-refractivity contribution in [2.24, 2.45) is 29.1 Å². The molecule has 2 nitrogen and oxygen atoms in total. The van der Waals surface area contributed by atoms with E-state index in [1.54, 1.807) is 0 Å². The van der Waals surface area contributed by atoms with Crippen LogP contribution in [0.15, 0.2) is 0 Å². The van der Waals surface area contributed by atoms with Crippen molar-refractivity contribution < 1.29 is 4.79 Å². The summed E-state index contributed by atoms with van der Waals surface area (Å²) in [5, 5.41) is 0. The van der Waals surface area contributed by atoms with Gasteiger partial charge in [-0.3, -0.25) is 4.79 Å². The molecule has 3 aliphatic carbocycles. The Morgan fingerprint density at radius 3 is 2.70 bits per heavy atom. The van der Waals surface area contributed by atoms with Gasteiger partial charge in [0.1, 0.15) is 0 Å². The summed E-state index contributed by atoms with van der Waals surface area (Å²) in [5.74, 6) is 4.08. The first kappa shape index (κ1) is 13.2. The van der Waals surface area contributed by atoms with E-state index in [4.69, 9.17) is 0 Å². The maximum Gasteiger partial charge on any atom is 0.229 e. The molecule has 112 valence electrons. The molecule has 2 bridgehead atoms. The van der Waals surface area contributed by atoms with Gasteiger partial charge in [0.15, 0.2) is 0 Å². The number of piperidine rings is 1. The zero-order valence-corrected chi connectivity index (χ0v) is 13.1. The third kappa shape index (κ3) is 1.79. The molecule has 4 fully saturated rings. The second-order valence-corrected chi connectivity index (χ2v) is 8.50. The molecule has 4 aliphatic rings. The van der Waals surface area contributed by atoms with Crippen LogP contribution in [0.5, 0.6) is 0 Å². The van der Waals surface area contributed by atoms with Gasteiger partial charge in [0.05, 0.1) is 5.41 Å². The highest BCUT2D eigenvalue weighted by Gasteiger charge is 2.60. The Hall–Kier alpha value is -0.530. The molecule has 20 heavy (non-hydrogen) atoms. The summed E-state index contributed by atoms with van der Waals surface area (Å²) in [4.78, 5) is 15.6. The molecule has 0 aromatic carbocycles. The maximum atomic E-state index is 13.3. The predicted molar refractivity (Wildman–Crippen MR) is 80.2 cm³/mol. The van der Waals surface area contributed by atoms with Gasteiger partial charge in [-0.2, -0.15) is 0 Å². The van der Waals surface area contributed by atoms with E-state index in [0.717, 1.165) is 30.2 Å². The normalized spacial score (nSPS) is 50.5. The van der Waals surface area contributed by atoms with Crippen molar-refractivity contribution >= 4 is 5.91 Å². The molecule has 1 aliphatic heterocycles. The number of nitrogens with zero attached hydrogens (tertiary/aromatic N) is 1. The highest BCUT2D eigenvalue weighted by molar-refractivity contribution is 5.83. The summed E-state index contributed by atoms with van der Waals surface area (Å²) in [7, 11) is 0. The minimum atomic E-state index is 0.0472. The third-order valence-electron chi connectivity index (χ3n) is 7.06. The number of likely N-dealkylation sites (tertiary alicyclic amines) is 1. The van der Waals surface area contributed by atoms with Crippen molar-refractivity contribution in [3.63, 3.8) is 0 Å². The van der Waals surface area contributed by atoms with Crippen molar-refractivity contribution in [3.8, 4) is 0 Å². The van der Waals surface area contributed by atoms with Gasteiger partial charge in [-0.05, 0) is 82.0 Å². The standard InChI is InChI=1S/C18H29NO/c1-12-7-14-8-15-10-18(9-12,11-16(14)15)17(20)19-6-4-3-5-13(19)2/h12-16H,3-11H2,1-2H3. The lowest BCUT2D eigenvalue weighted by Crippen LogP contribution is -2.49. The van der Waals surface area contributed by atoms with E-state index in [2.05, 4.69) is 18.7 Å². The van der Waals surface area contributed by atoms with Crippen molar-refractivity contribution in [1.82, 2.24) is 4.90 Å². The fourth-order valence-electron chi connectivity index (χ4n) is 6.20. The molecule has 0 aromatic heterocycles. The lowest BCUT2D eigenvalue weighted by atomic mass is 9.63. The molecular weight excluding hydrogens is 246 g/mol. The molecule has 1 heterocycles. The average molecular weight is 275 g/mol. The van der Waals surface area contributed by atoms with Gasteiger partial charge in [-0.25, -0.2) is 0 Å². The molecule has 6 atom stereocenters. The monoisotopic (exact) mass is 275 g/mol. The molecule has 3 saturated carbocycles. The van der Waals surface area contributed by atoms with E-state index < -0.39 is 0 Å². The Balaban J connectivity index is 1.60. The average Bonchev–Trinajstić information content (AvgIpc) is 2.63. The first-order valence-electron chi connectivity index (χ1n) is 8.90. The molecule has 6 unspecified atom stereocenters. The van der Waals surface area contributed by atoms with Crippen LogP contribution in [0.2, 0.25) is 0 Å². The highest BCUT2D eigenvalue weighted by atomic mass is 16.2. The molecule has 0 N–H and O–H groups in total. The molecule has 0 aromatic rings. The third-order valence-corrected chi connectivity index (χ3v) is 7.06. The van der Waals surface area contributed by atoms with Gasteiger partial charge in [0.2, 0.25) is 5.91 Å². The predicted octanol–water partition coefficient (Wildman–Crippen LogP) is 3.85. The first-order chi connectivity index (χ1) is 9.59. The Morgan fingerprint density at radius 1 is 1.05 bits per heavy atom. The molecule has 2 heteroatoms. The Labute approximate surface area is 123 Å². The molecule has 0 spiro atoms. The molecule has 4 rings (SSSR count). The van der Waals surface area contributed by atoms with Gasteiger partial charge in [-0.1, -0.05) is 6.92 Å². The number of hydrogen-bond donors (Lipinski definition) is 0. The van der Waals surface area contributed by atoms with Gasteiger partial charge in [0, 0.05) is 12.6 Å². The second-order valence-electron chi connectivity index (χ2n) is 8.50. The largest absolute Gasteiger partial charge is 0.340 e. The second kappa shape index (κ2) is 4.48. The summed E-state index contributed by atoms with van der Waals surface area (Å²) >= 11 is 0. The van der Waals surface area contributed by atoms with E-state index >= 15 is 0 Å². The lowest BCUT2D eigenvalue weighted by molar-refractivity contribution is -0.146. The number of rotatable bonds is 1. The van der Waals surface area contributed by atoms with Crippen molar-refractivity contribution in [3.05, 3.63) is 0 Å². The summed E-state index contributed by atoms with van der Waals surface area (Å²) in [6.07, 6.45) is 10.2. The minimum absolute atomic E-state index is 0.0472. The minimum Gasteiger partial charge on any atom is -0.340 e. The number of carbonyl (C=O) groups is 1. The van der Waals surface area contributed by atoms with Crippen LogP contribution in [0.4, 0.5) is 0 Å². The van der Waals surface area contributed by atoms with E-state index in [1.165, 1.54) is 51.4 Å². The maximum absolute atomic E-state index is 13.3. The zero-order valence-electron chi connectivity index (χ0n) is 13.1. The Kier molecular flexibility index (Phi) is 2.95. The van der Waals surface area contributed by atoms with Crippen LogP contribution >= 0.6 is 0 Å². The SMILES string of the molecule is CC1CC2CC3CC(C(=O)N4CCCCC4C)(C1)CC23. The molecule has 1 amide bonds. The molecule has 0 radical (unpaired) electrons. The van der Waals surface area contributed by atoms with Gasteiger partial charge < -0.3 is 4.90 Å². The van der Waals surface area contributed by atoms with E-state index in [0.29, 0.717) is 11.9 Å². The molecular formula is C18H29NO. The van der Waals surface area contributed by atoms with E-state index in [1.807, 2.05) is 0 Å². The fraction of sp³-hybridized carbons (Fsp3) is 0.944. The van der Waals surface area contributed by atoms with Crippen LogP contribution < -0.4 is 0 Å². The van der Waals surface area contributed by atoms with Crippen LogP contribution in [0, 0.1) is 29.1 Å².